The van der Waals surface area contributed by atoms with E-state index in [4.69, 9.17) is 14.2 Å². The third kappa shape index (κ3) is 2.23. The molecule has 1 aromatic carbocycles. The molecule has 7 heteroatoms. The summed E-state index contributed by atoms with van der Waals surface area (Å²) < 4.78 is 41.8. The van der Waals surface area contributed by atoms with Crippen LogP contribution >= 0.6 is 0 Å². The maximum Gasteiger partial charge on any atom is 0.243 e. The number of methoxy groups -OCH3 is 1. The summed E-state index contributed by atoms with van der Waals surface area (Å²) in [5, 5.41) is 0. The average molecular weight is 285 g/mol. The quantitative estimate of drug-likeness (QED) is 0.754. The van der Waals surface area contributed by atoms with Gasteiger partial charge in [-0.05, 0) is 24.3 Å². The zero-order chi connectivity index (χ0) is 13.5. The van der Waals surface area contributed by atoms with Gasteiger partial charge < -0.3 is 14.2 Å². The van der Waals surface area contributed by atoms with E-state index < -0.39 is 10.0 Å². The number of ether oxygens (including phenoxy) is 3. The lowest BCUT2D eigenvalue weighted by Gasteiger charge is -2.10. The standard InChI is InChI=1S/C12H15NO5S/c1-16-9-2-4-10(5-3-9)19(14,15)13-11-6-17-8-18-7-12(11)13/h2-5,11-12H,6-8H2,1H3. The molecule has 1 aromatic rings. The van der Waals surface area contributed by atoms with Crippen LogP contribution in [0, 0.1) is 0 Å². The second-order valence-corrected chi connectivity index (χ2v) is 6.35. The number of hydrogen-bond donors (Lipinski definition) is 0. The van der Waals surface area contributed by atoms with Gasteiger partial charge in [0.05, 0.1) is 37.3 Å². The van der Waals surface area contributed by atoms with Crippen molar-refractivity contribution in [2.45, 2.75) is 17.0 Å². The third-order valence-electron chi connectivity index (χ3n) is 3.39. The Balaban J connectivity index is 1.83. The number of benzene rings is 1. The van der Waals surface area contributed by atoms with Crippen LogP contribution in [0.2, 0.25) is 0 Å². The van der Waals surface area contributed by atoms with Gasteiger partial charge in [0.1, 0.15) is 12.5 Å². The van der Waals surface area contributed by atoms with Crippen molar-refractivity contribution in [3.8, 4) is 5.75 Å². The molecule has 19 heavy (non-hydrogen) atoms. The van der Waals surface area contributed by atoms with Crippen LogP contribution in [0.15, 0.2) is 29.2 Å². The predicted molar refractivity (Wildman–Crippen MR) is 66.4 cm³/mol. The monoisotopic (exact) mass is 285 g/mol. The zero-order valence-electron chi connectivity index (χ0n) is 10.5. The molecule has 0 saturated carbocycles. The number of sulfonamides is 1. The van der Waals surface area contributed by atoms with E-state index in [1.807, 2.05) is 0 Å². The highest BCUT2D eigenvalue weighted by molar-refractivity contribution is 7.89. The van der Waals surface area contributed by atoms with Gasteiger partial charge in [-0.25, -0.2) is 8.42 Å². The predicted octanol–water partition coefficient (Wildman–Crippen LogP) is 0.441. The number of hydrogen-bond acceptors (Lipinski definition) is 5. The first-order valence-electron chi connectivity index (χ1n) is 5.97. The summed E-state index contributed by atoms with van der Waals surface area (Å²) in [5.41, 5.74) is 0. The smallest absolute Gasteiger partial charge is 0.243 e. The summed E-state index contributed by atoms with van der Waals surface area (Å²) in [4.78, 5) is 0.265. The minimum Gasteiger partial charge on any atom is -0.497 e. The van der Waals surface area contributed by atoms with Crippen LogP contribution in [0.4, 0.5) is 0 Å². The largest absolute Gasteiger partial charge is 0.497 e. The van der Waals surface area contributed by atoms with Gasteiger partial charge in [-0.15, -0.1) is 0 Å². The Morgan fingerprint density at radius 3 is 2.26 bits per heavy atom. The molecule has 0 spiro atoms. The summed E-state index contributed by atoms with van der Waals surface area (Å²) in [6, 6.07) is 6.17. The van der Waals surface area contributed by atoms with Gasteiger partial charge in [0.25, 0.3) is 0 Å². The maximum absolute atomic E-state index is 12.4. The molecule has 0 radical (unpaired) electrons. The van der Waals surface area contributed by atoms with E-state index in [-0.39, 0.29) is 23.8 Å². The molecule has 0 aromatic heterocycles. The van der Waals surface area contributed by atoms with Gasteiger partial charge in [-0.1, -0.05) is 0 Å². The second-order valence-electron chi connectivity index (χ2n) is 4.50. The fourth-order valence-electron chi connectivity index (χ4n) is 2.30. The summed E-state index contributed by atoms with van der Waals surface area (Å²) in [5.74, 6) is 0.630. The Morgan fingerprint density at radius 2 is 1.74 bits per heavy atom. The minimum atomic E-state index is -3.47. The molecule has 2 aliphatic heterocycles. The van der Waals surface area contributed by atoms with Crippen molar-refractivity contribution in [3.05, 3.63) is 24.3 Å². The first-order chi connectivity index (χ1) is 9.14. The molecule has 0 bridgehead atoms. The molecule has 2 aliphatic rings. The van der Waals surface area contributed by atoms with Gasteiger partial charge in [0.2, 0.25) is 10.0 Å². The Kier molecular flexibility index (Phi) is 3.22. The van der Waals surface area contributed by atoms with Crippen molar-refractivity contribution in [1.82, 2.24) is 4.31 Å². The Bertz CT molecular complexity index is 544. The fraction of sp³-hybridized carbons (Fsp3) is 0.500. The number of nitrogens with zero attached hydrogens (tertiary/aromatic N) is 1. The van der Waals surface area contributed by atoms with Crippen molar-refractivity contribution in [2.24, 2.45) is 0 Å². The summed E-state index contributed by atoms with van der Waals surface area (Å²) in [7, 11) is -1.93. The molecule has 2 fully saturated rings. The van der Waals surface area contributed by atoms with Crippen molar-refractivity contribution in [3.63, 3.8) is 0 Å². The number of fused-ring (bicyclic) bond motifs is 1. The van der Waals surface area contributed by atoms with Crippen LogP contribution in [-0.4, -0.2) is 51.9 Å². The minimum absolute atomic E-state index is 0.102. The summed E-state index contributed by atoms with van der Waals surface area (Å²) >= 11 is 0. The molecular weight excluding hydrogens is 270 g/mol. The maximum atomic E-state index is 12.4. The summed E-state index contributed by atoms with van der Waals surface area (Å²) in [6.07, 6.45) is 0. The van der Waals surface area contributed by atoms with E-state index in [1.54, 1.807) is 31.4 Å². The van der Waals surface area contributed by atoms with E-state index in [1.165, 1.54) is 4.31 Å². The second kappa shape index (κ2) is 4.75. The molecule has 6 nitrogen and oxygen atoms in total. The molecule has 3 rings (SSSR count). The highest BCUT2D eigenvalue weighted by Crippen LogP contribution is 2.37. The lowest BCUT2D eigenvalue weighted by atomic mass is 10.3. The third-order valence-corrected chi connectivity index (χ3v) is 5.35. The van der Waals surface area contributed by atoms with Gasteiger partial charge in [-0.3, -0.25) is 0 Å². The lowest BCUT2D eigenvalue weighted by Crippen LogP contribution is -2.20. The van der Waals surface area contributed by atoms with Crippen LogP contribution in [0.5, 0.6) is 5.75 Å². The zero-order valence-corrected chi connectivity index (χ0v) is 11.3. The van der Waals surface area contributed by atoms with E-state index in [2.05, 4.69) is 0 Å². The molecule has 0 aliphatic carbocycles. The number of rotatable bonds is 3. The van der Waals surface area contributed by atoms with Crippen molar-refractivity contribution >= 4 is 10.0 Å². The van der Waals surface area contributed by atoms with Crippen molar-refractivity contribution < 1.29 is 22.6 Å². The molecule has 0 amide bonds. The first-order valence-corrected chi connectivity index (χ1v) is 7.41. The highest BCUT2D eigenvalue weighted by Gasteiger charge is 2.56. The normalized spacial score (nSPS) is 30.3. The Morgan fingerprint density at radius 1 is 1.16 bits per heavy atom. The molecule has 2 heterocycles. The molecule has 2 unspecified atom stereocenters. The van der Waals surface area contributed by atoms with Crippen molar-refractivity contribution in [1.29, 1.82) is 0 Å². The molecule has 104 valence electrons. The van der Waals surface area contributed by atoms with Crippen LogP contribution in [0.1, 0.15) is 0 Å². The van der Waals surface area contributed by atoms with Gasteiger partial charge in [-0.2, -0.15) is 4.31 Å². The topological polar surface area (TPSA) is 64.8 Å². The Hall–Kier alpha value is -1.15. The van der Waals surface area contributed by atoms with Crippen LogP contribution in [0.3, 0.4) is 0 Å². The molecular formula is C12H15NO5S. The van der Waals surface area contributed by atoms with E-state index in [0.717, 1.165) is 0 Å². The SMILES string of the molecule is COc1ccc(S(=O)(=O)N2C3COCOCC32)cc1. The van der Waals surface area contributed by atoms with Gasteiger partial charge >= 0.3 is 0 Å². The molecule has 0 N–H and O–H groups in total. The Labute approximate surface area is 111 Å². The fourth-order valence-corrected chi connectivity index (χ4v) is 4.09. The van der Waals surface area contributed by atoms with E-state index in [0.29, 0.717) is 19.0 Å². The van der Waals surface area contributed by atoms with Gasteiger partial charge in [0.15, 0.2) is 0 Å². The molecule has 2 atom stereocenters. The highest BCUT2D eigenvalue weighted by atomic mass is 32.2. The first kappa shape index (κ1) is 12.9. The average Bonchev–Trinajstić information content (AvgIpc) is 3.14. The van der Waals surface area contributed by atoms with Crippen molar-refractivity contribution in [2.75, 3.05) is 27.1 Å². The lowest BCUT2D eigenvalue weighted by molar-refractivity contribution is -0.0436. The van der Waals surface area contributed by atoms with Gasteiger partial charge in [0, 0.05) is 0 Å². The molecule has 2 saturated heterocycles. The van der Waals surface area contributed by atoms with E-state index in [9.17, 15) is 8.42 Å². The van der Waals surface area contributed by atoms with Crippen LogP contribution in [-0.2, 0) is 19.5 Å². The van der Waals surface area contributed by atoms with E-state index >= 15 is 0 Å². The van der Waals surface area contributed by atoms with Crippen LogP contribution in [0.25, 0.3) is 0 Å². The summed E-state index contributed by atoms with van der Waals surface area (Å²) in [6.45, 7) is 1.02. The van der Waals surface area contributed by atoms with Crippen LogP contribution < -0.4 is 4.74 Å².